The van der Waals surface area contributed by atoms with Crippen LogP contribution < -0.4 is 10.6 Å². The van der Waals surface area contributed by atoms with E-state index in [1.54, 1.807) is 36.5 Å². The van der Waals surface area contributed by atoms with E-state index < -0.39 is 0 Å². The molecule has 0 bridgehead atoms. The normalized spacial score (nSPS) is 19.5. The van der Waals surface area contributed by atoms with Crippen LogP contribution in [0.2, 0.25) is 0 Å². The second kappa shape index (κ2) is 7.79. The molecule has 1 aliphatic rings. The molecule has 0 atom stereocenters. The zero-order valence-corrected chi connectivity index (χ0v) is 15.7. The van der Waals surface area contributed by atoms with Gasteiger partial charge in [0.2, 0.25) is 5.91 Å². The Labute approximate surface area is 161 Å². The molecule has 9 heteroatoms. The standard InChI is InChI=1S/C19H23N7O2/c1-20-16(27)8-12-2-4-14(5-3-12)23-19(28)18-17-13(10-22-25-17)9-15(24-18)26-7-6-21-11-26/h6-7,9-12,14H,2-5,8H2,1H3,(H,20,27)(H,22,25)(H,23,28). The fourth-order valence-corrected chi connectivity index (χ4v) is 3.76. The molecule has 3 aromatic rings. The lowest BCUT2D eigenvalue weighted by atomic mass is 9.84. The molecule has 0 spiro atoms. The Morgan fingerprint density at radius 1 is 1.29 bits per heavy atom. The highest BCUT2D eigenvalue weighted by Gasteiger charge is 2.25. The largest absolute Gasteiger partial charge is 0.359 e. The van der Waals surface area contributed by atoms with Gasteiger partial charge in [-0.15, -0.1) is 0 Å². The van der Waals surface area contributed by atoms with Crippen molar-refractivity contribution in [3.05, 3.63) is 36.7 Å². The van der Waals surface area contributed by atoms with Crippen molar-refractivity contribution >= 4 is 22.7 Å². The van der Waals surface area contributed by atoms with Crippen molar-refractivity contribution < 1.29 is 9.59 Å². The van der Waals surface area contributed by atoms with E-state index in [0.717, 1.165) is 31.1 Å². The smallest absolute Gasteiger partial charge is 0.272 e. The molecule has 3 N–H and O–H groups in total. The van der Waals surface area contributed by atoms with Gasteiger partial charge in [-0.05, 0) is 37.7 Å². The molecule has 146 valence electrons. The lowest BCUT2D eigenvalue weighted by molar-refractivity contribution is -0.121. The average molecular weight is 381 g/mol. The third-order valence-corrected chi connectivity index (χ3v) is 5.34. The van der Waals surface area contributed by atoms with Gasteiger partial charge in [0.1, 0.15) is 12.1 Å². The average Bonchev–Trinajstić information content (AvgIpc) is 3.40. The van der Waals surface area contributed by atoms with E-state index in [0.29, 0.717) is 29.4 Å². The van der Waals surface area contributed by atoms with Crippen LogP contribution in [0.15, 0.2) is 31.0 Å². The van der Waals surface area contributed by atoms with Crippen molar-refractivity contribution in [3.63, 3.8) is 0 Å². The lowest BCUT2D eigenvalue weighted by Gasteiger charge is -2.28. The van der Waals surface area contributed by atoms with Gasteiger partial charge in [-0.25, -0.2) is 9.97 Å². The number of aromatic nitrogens is 5. The molecule has 0 saturated heterocycles. The van der Waals surface area contributed by atoms with Crippen molar-refractivity contribution in [2.24, 2.45) is 5.92 Å². The van der Waals surface area contributed by atoms with Gasteiger partial charge in [0.15, 0.2) is 5.69 Å². The van der Waals surface area contributed by atoms with Crippen molar-refractivity contribution in [3.8, 4) is 5.82 Å². The van der Waals surface area contributed by atoms with E-state index in [4.69, 9.17) is 0 Å². The molecule has 0 aromatic carbocycles. The highest BCUT2D eigenvalue weighted by molar-refractivity contribution is 6.04. The zero-order valence-electron chi connectivity index (χ0n) is 15.7. The van der Waals surface area contributed by atoms with Gasteiger partial charge in [0, 0.05) is 37.3 Å². The van der Waals surface area contributed by atoms with Crippen molar-refractivity contribution in [2.45, 2.75) is 38.1 Å². The second-order valence-electron chi connectivity index (χ2n) is 7.20. The summed E-state index contributed by atoms with van der Waals surface area (Å²) in [5.74, 6) is 0.863. The van der Waals surface area contributed by atoms with E-state index in [2.05, 4.69) is 30.8 Å². The Morgan fingerprint density at radius 3 is 2.82 bits per heavy atom. The molecule has 3 heterocycles. The number of amides is 2. The number of H-pyrrole nitrogens is 1. The summed E-state index contributed by atoms with van der Waals surface area (Å²) in [6, 6.07) is 1.95. The molecule has 0 unspecified atom stereocenters. The molecule has 0 radical (unpaired) electrons. The third-order valence-electron chi connectivity index (χ3n) is 5.34. The fraction of sp³-hybridized carbons (Fsp3) is 0.421. The highest BCUT2D eigenvalue weighted by Crippen LogP contribution is 2.27. The summed E-state index contributed by atoms with van der Waals surface area (Å²) in [6.07, 6.45) is 10.9. The van der Waals surface area contributed by atoms with Crippen LogP contribution in [0.5, 0.6) is 0 Å². The van der Waals surface area contributed by atoms with E-state index >= 15 is 0 Å². The maximum absolute atomic E-state index is 12.9. The Hall–Kier alpha value is -3.23. The van der Waals surface area contributed by atoms with Crippen molar-refractivity contribution in [1.82, 2.24) is 35.4 Å². The molecule has 3 aromatic heterocycles. The van der Waals surface area contributed by atoms with Crippen LogP contribution in [0.1, 0.15) is 42.6 Å². The Kier molecular flexibility index (Phi) is 5.05. The number of aromatic amines is 1. The quantitative estimate of drug-likeness (QED) is 0.620. The first-order valence-electron chi connectivity index (χ1n) is 9.48. The number of hydrogen-bond donors (Lipinski definition) is 3. The number of nitrogens with one attached hydrogen (secondary N) is 3. The molecule has 28 heavy (non-hydrogen) atoms. The van der Waals surface area contributed by atoms with Crippen molar-refractivity contribution in [2.75, 3.05) is 7.05 Å². The second-order valence-corrected chi connectivity index (χ2v) is 7.20. The molecule has 2 amide bonds. The summed E-state index contributed by atoms with van der Waals surface area (Å²) in [6.45, 7) is 0. The molecular formula is C19H23N7O2. The number of carbonyl (C=O) groups is 2. The summed E-state index contributed by atoms with van der Waals surface area (Å²) >= 11 is 0. The number of fused-ring (bicyclic) bond motifs is 1. The Morgan fingerprint density at radius 2 is 2.11 bits per heavy atom. The Balaban J connectivity index is 1.47. The van der Waals surface area contributed by atoms with Crippen LogP contribution in [-0.2, 0) is 4.79 Å². The number of imidazole rings is 1. The minimum Gasteiger partial charge on any atom is -0.359 e. The SMILES string of the molecule is CNC(=O)CC1CCC(NC(=O)c2nc(-n3ccnc3)cc3cn[nH]c23)CC1. The molecule has 9 nitrogen and oxygen atoms in total. The van der Waals surface area contributed by atoms with Gasteiger partial charge < -0.3 is 10.6 Å². The maximum atomic E-state index is 12.9. The van der Waals surface area contributed by atoms with Gasteiger partial charge in [-0.1, -0.05) is 0 Å². The summed E-state index contributed by atoms with van der Waals surface area (Å²) in [4.78, 5) is 33.1. The van der Waals surface area contributed by atoms with Gasteiger partial charge >= 0.3 is 0 Å². The van der Waals surface area contributed by atoms with E-state index in [9.17, 15) is 9.59 Å². The van der Waals surface area contributed by atoms with Crippen LogP contribution >= 0.6 is 0 Å². The van der Waals surface area contributed by atoms with Gasteiger partial charge in [0.25, 0.3) is 5.91 Å². The minimum absolute atomic E-state index is 0.0784. The number of rotatable bonds is 5. The fourth-order valence-electron chi connectivity index (χ4n) is 3.76. The summed E-state index contributed by atoms with van der Waals surface area (Å²) in [5, 5.41) is 13.5. The van der Waals surface area contributed by atoms with Crippen LogP contribution in [0.3, 0.4) is 0 Å². The maximum Gasteiger partial charge on any atom is 0.272 e. The van der Waals surface area contributed by atoms with Crippen molar-refractivity contribution in [1.29, 1.82) is 0 Å². The number of carbonyl (C=O) groups excluding carboxylic acids is 2. The summed E-state index contributed by atoms with van der Waals surface area (Å²) in [7, 11) is 1.66. The highest BCUT2D eigenvalue weighted by atomic mass is 16.2. The predicted molar refractivity (Wildman–Crippen MR) is 103 cm³/mol. The number of hydrogen-bond acceptors (Lipinski definition) is 5. The van der Waals surface area contributed by atoms with Crippen LogP contribution in [0, 0.1) is 5.92 Å². The van der Waals surface area contributed by atoms with E-state index in [1.165, 1.54) is 0 Å². The molecule has 1 aliphatic carbocycles. The van der Waals surface area contributed by atoms with E-state index in [1.807, 2.05) is 6.07 Å². The van der Waals surface area contributed by atoms with Crippen LogP contribution in [-0.4, -0.2) is 49.6 Å². The number of pyridine rings is 1. The van der Waals surface area contributed by atoms with Gasteiger partial charge in [-0.3, -0.25) is 19.3 Å². The molecule has 4 rings (SSSR count). The molecule has 1 fully saturated rings. The topological polar surface area (TPSA) is 118 Å². The summed E-state index contributed by atoms with van der Waals surface area (Å²) < 4.78 is 1.76. The van der Waals surface area contributed by atoms with Crippen LogP contribution in [0.25, 0.3) is 16.7 Å². The first-order valence-corrected chi connectivity index (χ1v) is 9.48. The predicted octanol–water partition coefficient (Wildman–Crippen LogP) is 1.57. The number of nitrogens with zero attached hydrogens (tertiary/aromatic N) is 4. The monoisotopic (exact) mass is 381 g/mol. The third kappa shape index (κ3) is 3.73. The van der Waals surface area contributed by atoms with Crippen LogP contribution in [0.4, 0.5) is 0 Å². The zero-order chi connectivity index (χ0) is 19.5. The van der Waals surface area contributed by atoms with Gasteiger partial charge in [-0.2, -0.15) is 5.10 Å². The van der Waals surface area contributed by atoms with E-state index in [-0.39, 0.29) is 17.9 Å². The molecule has 1 saturated carbocycles. The first-order chi connectivity index (χ1) is 13.6. The summed E-state index contributed by atoms with van der Waals surface area (Å²) in [5.41, 5.74) is 0.945. The lowest BCUT2D eigenvalue weighted by Crippen LogP contribution is -2.38. The van der Waals surface area contributed by atoms with Gasteiger partial charge in [0.05, 0.1) is 11.7 Å². The first kappa shape index (κ1) is 18.1. The minimum atomic E-state index is -0.217. The molecular weight excluding hydrogens is 358 g/mol. The Bertz CT molecular complexity index is 972. The molecule has 0 aliphatic heterocycles.